The van der Waals surface area contributed by atoms with Gasteiger partial charge in [0.1, 0.15) is 0 Å². The average molecular weight is 337 g/mol. The molecule has 0 heterocycles. The van der Waals surface area contributed by atoms with Crippen LogP contribution in [0.25, 0.3) is 0 Å². The minimum absolute atomic E-state index is 0.116. The summed E-state index contributed by atoms with van der Waals surface area (Å²) in [5, 5.41) is 3.62. The monoisotopic (exact) mass is 336 g/mol. The van der Waals surface area contributed by atoms with Crippen molar-refractivity contribution in [2.24, 2.45) is 0 Å². The van der Waals surface area contributed by atoms with Crippen molar-refractivity contribution in [2.45, 2.75) is 31.3 Å². The van der Waals surface area contributed by atoms with Crippen LogP contribution in [0, 0.1) is 0 Å². The number of hydrogen-bond acceptors (Lipinski definition) is 4. The summed E-state index contributed by atoms with van der Waals surface area (Å²) in [5.41, 5.74) is 0.893. The number of halogens is 1. The van der Waals surface area contributed by atoms with Crippen molar-refractivity contribution in [3.05, 3.63) is 28.8 Å². The molecule has 1 rings (SSSR count). The van der Waals surface area contributed by atoms with Crippen molar-refractivity contribution in [3.8, 4) is 0 Å². The Labute approximate surface area is 130 Å². The third-order valence-electron chi connectivity index (χ3n) is 2.67. The third-order valence-corrected chi connectivity index (χ3v) is 5.45. The van der Waals surface area contributed by atoms with Crippen molar-refractivity contribution in [1.82, 2.24) is 10.0 Å². The first-order chi connectivity index (χ1) is 9.40. The number of nitrogens with one attached hydrogen (secondary N) is 2. The fourth-order valence-electron chi connectivity index (χ4n) is 1.72. The van der Waals surface area contributed by atoms with Gasteiger partial charge in [0.05, 0.1) is 4.90 Å². The highest BCUT2D eigenvalue weighted by atomic mass is 35.5. The Morgan fingerprint density at radius 2 is 2.10 bits per heavy atom. The van der Waals surface area contributed by atoms with Crippen LogP contribution >= 0.6 is 23.4 Å². The largest absolute Gasteiger partial charge is 0.313 e. The quantitative estimate of drug-likeness (QED) is 0.765. The zero-order valence-corrected chi connectivity index (χ0v) is 14.3. The summed E-state index contributed by atoms with van der Waals surface area (Å²) in [6.07, 6.45) is 1.94. The van der Waals surface area contributed by atoms with Gasteiger partial charge in [-0.2, -0.15) is 11.8 Å². The Morgan fingerprint density at radius 3 is 2.65 bits per heavy atom. The van der Waals surface area contributed by atoms with E-state index in [0.717, 1.165) is 17.9 Å². The topological polar surface area (TPSA) is 58.2 Å². The molecule has 0 aromatic heterocycles. The highest BCUT2D eigenvalue weighted by molar-refractivity contribution is 7.98. The van der Waals surface area contributed by atoms with Gasteiger partial charge in [0, 0.05) is 23.4 Å². The number of sulfonamides is 1. The summed E-state index contributed by atoms with van der Waals surface area (Å²) in [5.74, 6) is 0.728. The molecule has 0 aliphatic heterocycles. The lowest BCUT2D eigenvalue weighted by atomic mass is 10.2. The van der Waals surface area contributed by atoms with Gasteiger partial charge in [-0.05, 0) is 37.4 Å². The molecule has 114 valence electrons. The van der Waals surface area contributed by atoms with Crippen LogP contribution in [-0.2, 0) is 16.6 Å². The van der Waals surface area contributed by atoms with Crippen molar-refractivity contribution in [2.75, 3.05) is 18.6 Å². The first kappa shape index (κ1) is 17.8. The lowest BCUT2D eigenvalue weighted by Gasteiger charge is -2.14. The molecule has 2 N–H and O–H groups in total. The van der Waals surface area contributed by atoms with Crippen molar-refractivity contribution in [3.63, 3.8) is 0 Å². The zero-order chi connectivity index (χ0) is 15.2. The molecule has 1 aromatic carbocycles. The highest BCUT2D eigenvalue weighted by Gasteiger charge is 2.18. The molecule has 0 aliphatic carbocycles. The predicted molar refractivity (Wildman–Crippen MR) is 87.0 cm³/mol. The molecule has 0 bridgehead atoms. The van der Waals surface area contributed by atoms with Crippen molar-refractivity contribution < 1.29 is 8.42 Å². The molecular weight excluding hydrogens is 316 g/mol. The van der Waals surface area contributed by atoms with Gasteiger partial charge < -0.3 is 5.32 Å². The first-order valence-electron chi connectivity index (χ1n) is 6.41. The molecule has 0 aliphatic rings. The Balaban J connectivity index is 2.88. The molecule has 4 nitrogen and oxygen atoms in total. The van der Waals surface area contributed by atoms with Crippen LogP contribution in [-0.4, -0.2) is 33.0 Å². The van der Waals surface area contributed by atoms with Crippen molar-refractivity contribution in [1.29, 1.82) is 0 Å². The molecule has 1 aromatic rings. The Kier molecular flexibility index (Phi) is 7.33. The molecular formula is C13H21ClN2O2S2. The van der Waals surface area contributed by atoms with E-state index in [9.17, 15) is 8.42 Å². The van der Waals surface area contributed by atoms with E-state index in [1.54, 1.807) is 23.9 Å². The minimum atomic E-state index is -3.51. The van der Waals surface area contributed by atoms with Gasteiger partial charge in [-0.15, -0.1) is 0 Å². The van der Waals surface area contributed by atoms with E-state index in [2.05, 4.69) is 10.0 Å². The Bertz CT molecular complexity index is 535. The van der Waals surface area contributed by atoms with Gasteiger partial charge in [-0.3, -0.25) is 0 Å². The summed E-state index contributed by atoms with van der Waals surface area (Å²) in [4.78, 5) is 0.204. The SMILES string of the molecule is CCNCc1ccc(S(=O)(=O)NC(C)CSC)cc1Cl. The summed E-state index contributed by atoms with van der Waals surface area (Å²) in [6, 6.07) is 4.73. The van der Waals surface area contributed by atoms with Gasteiger partial charge in [-0.25, -0.2) is 13.1 Å². The van der Waals surface area contributed by atoms with E-state index in [-0.39, 0.29) is 10.9 Å². The summed E-state index contributed by atoms with van der Waals surface area (Å²) in [7, 11) is -3.51. The molecule has 0 fully saturated rings. The number of rotatable bonds is 8. The van der Waals surface area contributed by atoms with E-state index in [1.807, 2.05) is 20.1 Å². The number of thioether (sulfide) groups is 1. The van der Waals surface area contributed by atoms with Crippen molar-refractivity contribution >= 4 is 33.4 Å². The fourth-order valence-corrected chi connectivity index (χ4v) is 3.99. The normalized spacial score (nSPS) is 13.4. The van der Waals surface area contributed by atoms with Gasteiger partial charge in [-0.1, -0.05) is 24.6 Å². The standard InChI is InChI=1S/C13H21ClN2O2S2/c1-4-15-8-11-5-6-12(7-13(11)14)20(17,18)16-10(2)9-19-3/h5-7,10,15-16H,4,8-9H2,1-3H3. The number of benzene rings is 1. The highest BCUT2D eigenvalue weighted by Crippen LogP contribution is 2.21. The van der Waals surface area contributed by atoms with Crippen LogP contribution in [0.3, 0.4) is 0 Å². The van der Waals surface area contributed by atoms with Gasteiger partial charge in [0.15, 0.2) is 0 Å². The molecule has 1 atom stereocenters. The molecule has 0 amide bonds. The Hall–Kier alpha value is -0.270. The van der Waals surface area contributed by atoms with Crippen LogP contribution < -0.4 is 10.0 Å². The summed E-state index contributed by atoms with van der Waals surface area (Å²) >= 11 is 7.73. The zero-order valence-electron chi connectivity index (χ0n) is 11.9. The molecule has 0 radical (unpaired) electrons. The van der Waals surface area contributed by atoms with Crippen LogP contribution in [0.5, 0.6) is 0 Å². The smallest absolute Gasteiger partial charge is 0.240 e. The third kappa shape index (κ3) is 5.26. The van der Waals surface area contributed by atoms with E-state index < -0.39 is 10.0 Å². The lowest BCUT2D eigenvalue weighted by Crippen LogP contribution is -2.34. The van der Waals surface area contributed by atoms with Crippen LogP contribution in [0.15, 0.2) is 23.1 Å². The van der Waals surface area contributed by atoms with E-state index in [0.29, 0.717) is 11.6 Å². The van der Waals surface area contributed by atoms with E-state index in [4.69, 9.17) is 11.6 Å². The van der Waals surface area contributed by atoms with Gasteiger partial charge in [0.25, 0.3) is 0 Å². The lowest BCUT2D eigenvalue weighted by molar-refractivity contribution is 0.571. The summed E-state index contributed by atoms with van der Waals surface area (Å²) in [6.45, 7) is 5.31. The van der Waals surface area contributed by atoms with Crippen LogP contribution in [0.2, 0.25) is 5.02 Å². The second kappa shape index (κ2) is 8.24. The maximum Gasteiger partial charge on any atom is 0.240 e. The second-order valence-electron chi connectivity index (χ2n) is 4.51. The Morgan fingerprint density at radius 1 is 1.40 bits per heavy atom. The fraction of sp³-hybridized carbons (Fsp3) is 0.538. The molecule has 1 unspecified atom stereocenters. The van der Waals surface area contributed by atoms with E-state index >= 15 is 0 Å². The first-order valence-corrected chi connectivity index (χ1v) is 9.66. The van der Waals surface area contributed by atoms with Crippen LogP contribution in [0.4, 0.5) is 0 Å². The molecule has 20 heavy (non-hydrogen) atoms. The van der Waals surface area contributed by atoms with Crippen LogP contribution in [0.1, 0.15) is 19.4 Å². The minimum Gasteiger partial charge on any atom is -0.313 e. The summed E-state index contributed by atoms with van der Waals surface area (Å²) < 4.78 is 27.0. The van der Waals surface area contributed by atoms with E-state index in [1.165, 1.54) is 6.07 Å². The second-order valence-corrected chi connectivity index (χ2v) is 7.54. The maximum atomic E-state index is 12.2. The van der Waals surface area contributed by atoms with Gasteiger partial charge in [0.2, 0.25) is 10.0 Å². The predicted octanol–water partition coefficient (Wildman–Crippen LogP) is 2.48. The molecule has 0 saturated carbocycles. The molecule has 0 spiro atoms. The maximum absolute atomic E-state index is 12.2. The average Bonchev–Trinajstić information content (AvgIpc) is 2.36. The molecule has 7 heteroatoms. The van der Waals surface area contributed by atoms with Gasteiger partial charge >= 0.3 is 0 Å². The molecule has 0 saturated heterocycles. The number of hydrogen-bond donors (Lipinski definition) is 2.